The Morgan fingerprint density at radius 3 is 2.62 bits per heavy atom. The van der Waals surface area contributed by atoms with Crippen molar-refractivity contribution in [2.24, 2.45) is 0 Å². The number of anilines is 3. The van der Waals surface area contributed by atoms with Gasteiger partial charge in [-0.25, -0.2) is 4.98 Å². The number of carbonyl (C=O) groups is 1. The number of nitrogens with zero attached hydrogens (tertiary/aromatic N) is 1. The van der Waals surface area contributed by atoms with Gasteiger partial charge in [0.25, 0.3) is 5.91 Å². The maximum Gasteiger partial charge on any atom is 0.258 e. The average molecular weight is 342 g/mol. The summed E-state index contributed by atoms with van der Waals surface area (Å²) >= 11 is 0. The van der Waals surface area contributed by atoms with Crippen LogP contribution in [-0.4, -0.2) is 10.9 Å². The smallest absolute Gasteiger partial charge is 0.258 e. The summed E-state index contributed by atoms with van der Waals surface area (Å²) < 4.78 is 0. The predicted molar refractivity (Wildman–Crippen MR) is 105 cm³/mol. The molecule has 1 aliphatic rings. The lowest BCUT2D eigenvalue weighted by Gasteiger charge is -2.14. The molecule has 2 heterocycles. The van der Waals surface area contributed by atoms with Gasteiger partial charge < -0.3 is 16.4 Å². The molecule has 0 fully saturated rings. The van der Waals surface area contributed by atoms with E-state index in [0.717, 1.165) is 22.4 Å². The van der Waals surface area contributed by atoms with Crippen LogP contribution in [0.5, 0.6) is 0 Å². The number of aryl methyl sites for hydroxylation is 1. The molecule has 0 saturated carbocycles. The maximum atomic E-state index is 12.7. The number of nitrogens with one attached hydrogen (secondary N) is 2. The molecule has 4 rings (SSSR count). The lowest BCUT2D eigenvalue weighted by Crippen LogP contribution is -2.10. The number of pyridine rings is 1. The monoisotopic (exact) mass is 342 g/mol. The van der Waals surface area contributed by atoms with Crippen LogP contribution in [0.15, 0.2) is 66.9 Å². The van der Waals surface area contributed by atoms with E-state index < -0.39 is 0 Å². The van der Waals surface area contributed by atoms with Crippen molar-refractivity contribution in [3.63, 3.8) is 0 Å². The van der Waals surface area contributed by atoms with Crippen molar-refractivity contribution in [2.75, 3.05) is 16.4 Å². The SMILES string of the molecule is Cc1ccc(NC(=C2C(=O)Nc3ccc(N)cc32)c2ccccc2)nc1. The molecule has 5 heteroatoms. The lowest BCUT2D eigenvalue weighted by atomic mass is 10.00. The van der Waals surface area contributed by atoms with Gasteiger partial charge in [-0.2, -0.15) is 0 Å². The highest BCUT2D eigenvalue weighted by atomic mass is 16.2. The van der Waals surface area contributed by atoms with E-state index in [0.29, 0.717) is 22.8 Å². The van der Waals surface area contributed by atoms with E-state index in [-0.39, 0.29) is 5.91 Å². The summed E-state index contributed by atoms with van der Waals surface area (Å²) in [6, 6.07) is 19.0. The van der Waals surface area contributed by atoms with Gasteiger partial charge in [-0.15, -0.1) is 0 Å². The quantitative estimate of drug-likeness (QED) is 0.498. The molecular weight excluding hydrogens is 324 g/mol. The second-order valence-electron chi connectivity index (χ2n) is 6.22. The third-order valence-corrected chi connectivity index (χ3v) is 4.27. The van der Waals surface area contributed by atoms with Crippen molar-refractivity contribution in [3.8, 4) is 0 Å². The van der Waals surface area contributed by atoms with Crippen molar-refractivity contribution in [2.45, 2.75) is 6.92 Å². The van der Waals surface area contributed by atoms with E-state index in [1.54, 1.807) is 12.3 Å². The standard InChI is InChI=1S/C21H18N4O/c1-13-7-10-18(23-12-13)25-20(14-5-3-2-4-6-14)19-16-11-15(22)8-9-17(16)24-21(19)26/h2-12H,22H2,1H3,(H,23,25)(H,24,26). The number of amides is 1. The molecule has 128 valence electrons. The molecule has 0 unspecified atom stereocenters. The summed E-state index contributed by atoms with van der Waals surface area (Å²) in [5.74, 6) is 0.510. The minimum Gasteiger partial charge on any atom is -0.399 e. The number of aromatic nitrogens is 1. The van der Waals surface area contributed by atoms with Gasteiger partial charge in [-0.05, 0) is 42.3 Å². The van der Waals surface area contributed by atoms with Gasteiger partial charge in [0, 0.05) is 23.1 Å². The molecule has 1 aromatic heterocycles. The Labute approximate surface area is 151 Å². The molecule has 26 heavy (non-hydrogen) atoms. The topological polar surface area (TPSA) is 80.0 Å². The summed E-state index contributed by atoms with van der Waals surface area (Å²) in [6.45, 7) is 1.98. The van der Waals surface area contributed by atoms with Crippen LogP contribution in [-0.2, 0) is 4.79 Å². The highest BCUT2D eigenvalue weighted by molar-refractivity contribution is 6.37. The number of hydrogen-bond acceptors (Lipinski definition) is 4. The van der Waals surface area contributed by atoms with Crippen molar-refractivity contribution in [1.29, 1.82) is 0 Å². The van der Waals surface area contributed by atoms with Crippen LogP contribution in [0.2, 0.25) is 0 Å². The number of nitrogen functional groups attached to an aromatic ring is 1. The Kier molecular flexibility index (Phi) is 3.89. The number of hydrogen-bond donors (Lipinski definition) is 3. The summed E-state index contributed by atoms with van der Waals surface area (Å²) in [4.78, 5) is 17.1. The zero-order chi connectivity index (χ0) is 18.1. The summed E-state index contributed by atoms with van der Waals surface area (Å²) in [7, 11) is 0. The van der Waals surface area contributed by atoms with Gasteiger partial charge >= 0.3 is 0 Å². The predicted octanol–water partition coefficient (Wildman–Crippen LogP) is 3.90. The van der Waals surface area contributed by atoms with Crippen LogP contribution in [0, 0.1) is 6.92 Å². The van der Waals surface area contributed by atoms with Gasteiger partial charge in [0.05, 0.1) is 11.3 Å². The normalized spacial score (nSPS) is 14.6. The van der Waals surface area contributed by atoms with E-state index >= 15 is 0 Å². The Hall–Kier alpha value is -3.60. The minimum atomic E-state index is -0.163. The minimum absolute atomic E-state index is 0.163. The molecule has 1 aliphatic heterocycles. The molecule has 0 radical (unpaired) electrons. The fourth-order valence-corrected chi connectivity index (χ4v) is 2.99. The average Bonchev–Trinajstić information content (AvgIpc) is 2.97. The Bertz CT molecular complexity index is 1010. The Morgan fingerprint density at radius 2 is 1.88 bits per heavy atom. The van der Waals surface area contributed by atoms with E-state index in [9.17, 15) is 4.79 Å². The van der Waals surface area contributed by atoms with E-state index in [4.69, 9.17) is 5.73 Å². The Morgan fingerprint density at radius 1 is 1.08 bits per heavy atom. The highest BCUT2D eigenvalue weighted by Crippen LogP contribution is 2.38. The number of benzene rings is 2. The van der Waals surface area contributed by atoms with E-state index in [1.165, 1.54) is 0 Å². The van der Waals surface area contributed by atoms with Gasteiger partial charge in [-0.3, -0.25) is 4.79 Å². The number of rotatable bonds is 3. The van der Waals surface area contributed by atoms with Gasteiger partial charge in [0.15, 0.2) is 0 Å². The van der Waals surface area contributed by atoms with Gasteiger partial charge in [0.2, 0.25) is 0 Å². The number of carbonyl (C=O) groups excluding carboxylic acids is 1. The molecule has 4 N–H and O–H groups in total. The van der Waals surface area contributed by atoms with Crippen LogP contribution < -0.4 is 16.4 Å². The Balaban J connectivity index is 1.91. The zero-order valence-electron chi connectivity index (χ0n) is 14.3. The van der Waals surface area contributed by atoms with Crippen LogP contribution >= 0.6 is 0 Å². The second kappa shape index (κ2) is 6.37. The molecule has 0 aliphatic carbocycles. The number of nitrogens with two attached hydrogens (primary N) is 1. The molecule has 5 nitrogen and oxygen atoms in total. The molecule has 3 aromatic rings. The van der Waals surface area contributed by atoms with Crippen molar-refractivity contribution in [3.05, 3.63) is 83.6 Å². The summed E-state index contributed by atoms with van der Waals surface area (Å²) in [5.41, 5.74) is 11.3. The highest BCUT2D eigenvalue weighted by Gasteiger charge is 2.28. The van der Waals surface area contributed by atoms with E-state index in [2.05, 4.69) is 15.6 Å². The third kappa shape index (κ3) is 2.91. The van der Waals surface area contributed by atoms with Crippen LogP contribution in [0.25, 0.3) is 11.3 Å². The zero-order valence-corrected chi connectivity index (χ0v) is 14.3. The molecule has 2 aromatic carbocycles. The molecular formula is C21H18N4O. The van der Waals surface area contributed by atoms with Crippen molar-refractivity contribution in [1.82, 2.24) is 4.98 Å². The maximum absolute atomic E-state index is 12.7. The molecule has 0 saturated heterocycles. The molecule has 0 bridgehead atoms. The van der Waals surface area contributed by atoms with Crippen molar-refractivity contribution < 1.29 is 4.79 Å². The third-order valence-electron chi connectivity index (χ3n) is 4.27. The fraction of sp³-hybridized carbons (Fsp3) is 0.0476. The first-order chi connectivity index (χ1) is 12.6. The largest absolute Gasteiger partial charge is 0.399 e. The van der Waals surface area contributed by atoms with Crippen LogP contribution in [0.3, 0.4) is 0 Å². The first-order valence-corrected chi connectivity index (χ1v) is 8.32. The fourth-order valence-electron chi connectivity index (χ4n) is 2.99. The lowest BCUT2D eigenvalue weighted by molar-refractivity contribution is -0.110. The van der Waals surface area contributed by atoms with E-state index in [1.807, 2.05) is 61.5 Å². The molecule has 0 atom stereocenters. The summed E-state index contributed by atoms with van der Waals surface area (Å²) in [5, 5.41) is 6.23. The number of fused-ring (bicyclic) bond motifs is 1. The first kappa shape index (κ1) is 15.9. The summed E-state index contributed by atoms with van der Waals surface area (Å²) in [6.07, 6.45) is 1.79. The second-order valence-corrected chi connectivity index (χ2v) is 6.22. The molecule has 0 spiro atoms. The van der Waals surface area contributed by atoms with Crippen LogP contribution in [0.4, 0.5) is 17.2 Å². The molecule has 1 amide bonds. The van der Waals surface area contributed by atoms with Gasteiger partial charge in [0.1, 0.15) is 5.82 Å². The van der Waals surface area contributed by atoms with Gasteiger partial charge in [-0.1, -0.05) is 36.4 Å². The first-order valence-electron chi connectivity index (χ1n) is 8.32. The van der Waals surface area contributed by atoms with Crippen LogP contribution in [0.1, 0.15) is 16.7 Å². The van der Waals surface area contributed by atoms with Crippen molar-refractivity contribution >= 4 is 34.4 Å².